The number of ether oxygens (including phenoxy) is 3. The van der Waals surface area contributed by atoms with Gasteiger partial charge in [-0.3, -0.25) is 0 Å². The summed E-state index contributed by atoms with van der Waals surface area (Å²) in [4.78, 5) is 24.7. The predicted octanol–water partition coefficient (Wildman–Crippen LogP) is -3.60. The second-order valence-corrected chi connectivity index (χ2v) is 6.11. The molecule has 29 heavy (non-hydrogen) atoms. The topological polar surface area (TPSA) is 227 Å². The van der Waals surface area contributed by atoms with E-state index in [1.165, 1.54) is 6.20 Å². The van der Waals surface area contributed by atoms with Crippen LogP contribution in [0.25, 0.3) is 0 Å². The summed E-state index contributed by atoms with van der Waals surface area (Å²) in [5.41, 5.74) is 0. The molecule has 1 fully saturated rings. The van der Waals surface area contributed by atoms with E-state index in [0.29, 0.717) is 0 Å². The molecule has 1 aromatic heterocycles. The first kappa shape index (κ1) is 23.0. The summed E-state index contributed by atoms with van der Waals surface area (Å²) in [6.07, 6.45) is -9.59. The molecule has 15 heteroatoms. The summed E-state index contributed by atoms with van der Waals surface area (Å²) in [5.74, 6) is -2.14. The Labute approximate surface area is 162 Å². The van der Waals surface area contributed by atoms with E-state index in [1.54, 1.807) is 0 Å². The van der Waals surface area contributed by atoms with Gasteiger partial charge in [0, 0.05) is 0 Å². The summed E-state index contributed by atoms with van der Waals surface area (Å²) in [6.45, 7) is -1.79. The van der Waals surface area contributed by atoms with Crippen molar-refractivity contribution in [3.63, 3.8) is 0 Å². The Morgan fingerprint density at radius 1 is 1.34 bits per heavy atom. The summed E-state index contributed by atoms with van der Waals surface area (Å²) in [6, 6.07) is 0. The maximum atomic E-state index is 11.1. The standard InChI is InChI=1S/C14H21N3O12/c18-3-6(19)7(28-5-16-2-1-15-14(16)17(25)26)4-27-13-10(22)8(20)9(21)11(29-13)12(23)24/h1-2,6-11,13,18-22H,3-5H2,(H,23,24)/t6-,7+,8?,9?,10?,11?,13?/m0/s1. The highest BCUT2D eigenvalue weighted by molar-refractivity contribution is 5.73. The van der Waals surface area contributed by atoms with Crippen LogP contribution in [0.3, 0.4) is 0 Å². The highest BCUT2D eigenvalue weighted by atomic mass is 16.7. The number of aliphatic carboxylic acids is 1. The number of carbonyl (C=O) groups is 1. The second kappa shape index (κ2) is 9.99. The minimum absolute atomic E-state index is 0.450. The number of carboxylic acids is 1. The zero-order valence-corrected chi connectivity index (χ0v) is 14.8. The van der Waals surface area contributed by atoms with Gasteiger partial charge in [0.2, 0.25) is 0 Å². The molecule has 0 saturated carbocycles. The van der Waals surface area contributed by atoms with E-state index in [9.17, 15) is 35.3 Å². The summed E-state index contributed by atoms with van der Waals surface area (Å²) >= 11 is 0. The minimum Gasteiger partial charge on any atom is -0.479 e. The van der Waals surface area contributed by atoms with Gasteiger partial charge in [-0.2, -0.15) is 0 Å². The van der Waals surface area contributed by atoms with Gasteiger partial charge in [-0.1, -0.05) is 4.98 Å². The van der Waals surface area contributed by atoms with Crippen LogP contribution in [0, 0.1) is 10.1 Å². The number of imidazole rings is 1. The first-order chi connectivity index (χ1) is 13.7. The van der Waals surface area contributed by atoms with Gasteiger partial charge in [0.15, 0.2) is 19.1 Å². The van der Waals surface area contributed by atoms with Gasteiger partial charge in [0.1, 0.15) is 42.9 Å². The van der Waals surface area contributed by atoms with Crippen LogP contribution in [0.15, 0.2) is 12.4 Å². The number of aliphatic hydroxyl groups excluding tert-OH is 5. The maximum absolute atomic E-state index is 11.1. The average molecular weight is 423 g/mol. The van der Waals surface area contributed by atoms with Crippen molar-refractivity contribution in [2.75, 3.05) is 13.2 Å². The van der Waals surface area contributed by atoms with Crippen molar-refractivity contribution in [1.29, 1.82) is 0 Å². The van der Waals surface area contributed by atoms with Gasteiger partial charge < -0.3 is 55.0 Å². The third kappa shape index (κ3) is 5.43. The smallest absolute Gasteiger partial charge is 0.436 e. The van der Waals surface area contributed by atoms with Crippen LogP contribution in [0.2, 0.25) is 0 Å². The molecular weight excluding hydrogens is 402 g/mol. The quantitative estimate of drug-likeness (QED) is 0.158. The molecule has 0 bridgehead atoms. The van der Waals surface area contributed by atoms with Crippen LogP contribution >= 0.6 is 0 Å². The van der Waals surface area contributed by atoms with E-state index in [-0.39, 0.29) is 0 Å². The molecular formula is C14H21N3O12. The molecule has 1 aromatic rings. The van der Waals surface area contributed by atoms with E-state index >= 15 is 0 Å². The summed E-state index contributed by atoms with van der Waals surface area (Å²) in [7, 11) is 0. The highest BCUT2D eigenvalue weighted by Gasteiger charge is 2.47. The number of nitrogens with zero attached hydrogens (tertiary/aromatic N) is 3. The number of hydrogen-bond acceptors (Lipinski definition) is 12. The summed E-state index contributed by atoms with van der Waals surface area (Å²) in [5, 5.41) is 68.1. The van der Waals surface area contributed by atoms with Gasteiger partial charge in [0.05, 0.1) is 13.2 Å². The lowest BCUT2D eigenvalue weighted by Crippen LogP contribution is -2.60. The largest absolute Gasteiger partial charge is 0.479 e. The van der Waals surface area contributed by atoms with E-state index in [2.05, 4.69) is 4.98 Å². The fraction of sp³-hybridized carbons (Fsp3) is 0.714. The SMILES string of the molecule is O=C(O)C1OC(OC[C@@H](OCn2ccnc2[N+](=O)[O-])[C@@H](O)CO)C(O)C(O)C1O. The lowest BCUT2D eigenvalue weighted by molar-refractivity contribution is -0.398. The third-order valence-electron chi connectivity index (χ3n) is 4.14. The van der Waals surface area contributed by atoms with Crippen molar-refractivity contribution in [2.24, 2.45) is 0 Å². The fourth-order valence-corrected chi connectivity index (χ4v) is 2.52. The molecule has 1 saturated heterocycles. The molecule has 0 radical (unpaired) electrons. The summed E-state index contributed by atoms with van der Waals surface area (Å²) < 4.78 is 16.4. The number of nitro groups is 1. The zero-order valence-electron chi connectivity index (χ0n) is 14.8. The molecule has 1 aliphatic heterocycles. The van der Waals surface area contributed by atoms with Gasteiger partial charge in [0.25, 0.3) is 0 Å². The number of hydrogen-bond donors (Lipinski definition) is 6. The van der Waals surface area contributed by atoms with Gasteiger partial charge in [-0.25, -0.2) is 9.36 Å². The Kier molecular flexibility index (Phi) is 7.94. The van der Waals surface area contributed by atoms with Crippen molar-refractivity contribution in [2.45, 2.75) is 49.6 Å². The number of carboxylic acid groups (broad SMARTS) is 1. The highest BCUT2D eigenvalue weighted by Crippen LogP contribution is 2.23. The molecule has 0 amide bonds. The van der Waals surface area contributed by atoms with Crippen LogP contribution in [-0.4, -0.2) is 107 Å². The lowest BCUT2D eigenvalue weighted by atomic mass is 9.99. The molecule has 1 aliphatic rings. The van der Waals surface area contributed by atoms with Gasteiger partial charge >= 0.3 is 11.9 Å². The average Bonchev–Trinajstić information content (AvgIpc) is 3.15. The number of aliphatic hydroxyl groups is 5. The first-order valence-electron chi connectivity index (χ1n) is 8.27. The van der Waals surface area contributed by atoms with E-state index in [0.717, 1.165) is 10.8 Å². The van der Waals surface area contributed by atoms with Gasteiger partial charge in [-0.05, 0) is 4.92 Å². The van der Waals surface area contributed by atoms with Crippen molar-refractivity contribution in [3.8, 4) is 0 Å². The molecule has 164 valence electrons. The molecule has 0 spiro atoms. The molecule has 5 unspecified atom stereocenters. The Balaban J connectivity index is 2.01. The number of rotatable bonds is 10. The van der Waals surface area contributed by atoms with Crippen molar-refractivity contribution < 1.29 is 54.6 Å². The molecule has 7 atom stereocenters. The zero-order chi connectivity index (χ0) is 21.7. The Hall–Kier alpha value is -2.24. The molecule has 0 aliphatic carbocycles. The van der Waals surface area contributed by atoms with Crippen LogP contribution in [0.1, 0.15) is 0 Å². The maximum Gasteiger partial charge on any atom is 0.436 e. The Morgan fingerprint density at radius 2 is 2.03 bits per heavy atom. The third-order valence-corrected chi connectivity index (χ3v) is 4.14. The Morgan fingerprint density at radius 3 is 2.62 bits per heavy atom. The first-order valence-corrected chi connectivity index (χ1v) is 8.27. The lowest BCUT2D eigenvalue weighted by Gasteiger charge is -2.39. The van der Waals surface area contributed by atoms with Crippen LogP contribution < -0.4 is 0 Å². The molecule has 2 heterocycles. The van der Waals surface area contributed by atoms with Crippen molar-refractivity contribution in [1.82, 2.24) is 9.55 Å². The Bertz CT molecular complexity index is 699. The molecule has 2 rings (SSSR count). The fourth-order valence-electron chi connectivity index (χ4n) is 2.52. The second-order valence-electron chi connectivity index (χ2n) is 6.11. The molecule has 0 aromatic carbocycles. The van der Waals surface area contributed by atoms with Crippen LogP contribution in [0.4, 0.5) is 5.95 Å². The normalized spacial score (nSPS) is 29.3. The molecule has 15 nitrogen and oxygen atoms in total. The van der Waals surface area contributed by atoms with E-state index in [4.69, 9.17) is 24.4 Å². The van der Waals surface area contributed by atoms with Crippen LogP contribution in [-0.2, 0) is 25.7 Å². The predicted molar refractivity (Wildman–Crippen MR) is 87.1 cm³/mol. The van der Waals surface area contributed by atoms with Crippen molar-refractivity contribution >= 4 is 11.9 Å². The van der Waals surface area contributed by atoms with Gasteiger partial charge in [-0.15, -0.1) is 0 Å². The van der Waals surface area contributed by atoms with Crippen molar-refractivity contribution in [3.05, 3.63) is 22.5 Å². The minimum atomic E-state index is -1.90. The van der Waals surface area contributed by atoms with E-state index in [1.807, 2.05) is 0 Å². The molecule has 6 N–H and O–H groups in total. The van der Waals surface area contributed by atoms with Crippen LogP contribution in [0.5, 0.6) is 0 Å². The monoisotopic (exact) mass is 423 g/mol. The number of aromatic nitrogens is 2. The van der Waals surface area contributed by atoms with E-state index < -0.39 is 79.7 Å².